The summed E-state index contributed by atoms with van der Waals surface area (Å²) in [6.07, 6.45) is 4.19. The van der Waals surface area contributed by atoms with E-state index in [1.54, 1.807) is 6.33 Å². The standard InChI is InChI=1S/C33H36N2S/c1-19-15-24-26(33(7,8)14-13-32(24,5)6)25-28-30(36-29(19)25)27(34-18-35-28)21-16-20-11-9-10-12-22(20)23(17-21)31(2,3)4/h9-12,15-18H,13-14H2,1-8H3. The molecule has 2 heterocycles. The summed E-state index contributed by atoms with van der Waals surface area (Å²) in [5, 5.41) is 3.96. The monoisotopic (exact) mass is 492 g/mol. The molecule has 0 fully saturated rings. The fourth-order valence-electron chi connectivity index (χ4n) is 6.30. The van der Waals surface area contributed by atoms with Gasteiger partial charge in [-0.15, -0.1) is 11.3 Å². The zero-order valence-corrected chi connectivity index (χ0v) is 23.7. The zero-order valence-electron chi connectivity index (χ0n) is 22.8. The van der Waals surface area contributed by atoms with Gasteiger partial charge in [0.25, 0.3) is 0 Å². The first-order valence-corrected chi connectivity index (χ1v) is 14.0. The minimum Gasteiger partial charge on any atom is -0.235 e. The van der Waals surface area contributed by atoms with Crippen LogP contribution in [0.15, 0.2) is 48.8 Å². The van der Waals surface area contributed by atoms with E-state index < -0.39 is 0 Å². The van der Waals surface area contributed by atoms with Crippen LogP contribution in [0.5, 0.6) is 0 Å². The molecule has 0 unspecified atom stereocenters. The third-order valence-electron chi connectivity index (χ3n) is 8.43. The fourth-order valence-corrected chi connectivity index (χ4v) is 7.55. The number of hydrogen-bond acceptors (Lipinski definition) is 3. The first-order chi connectivity index (χ1) is 16.9. The van der Waals surface area contributed by atoms with Crippen molar-refractivity contribution in [3.63, 3.8) is 0 Å². The summed E-state index contributed by atoms with van der Waals surface area (Å²) in [5.74, 6) is 0. The minimum absolute atomic E-state index is 0.0349. The molecule has 0 N–H and O–H groups in total. The smallest absolute Gasteiger partial charge is 0.116 e. The van der Waals surface area contributed by atoms with Crippen LogP contribution in [0.25, 0.3) is 42.3 Å². The summed E-state index contributed by atoms with van der Waals surface area (Å²) in [4.78, 5) is 9.86. The van der Waals surface area contributed by atoms with E-state index in [4.69, 9.17) is 9.97 Å². The molecule has 2 aromatic heterocycles. The summed E-state index contributed by atoms with van der Waals surface area (Å²) in [6.45, 7) is 18.8. The van der Waals surface area contributed by atoms with Gasteiger partial charge in [0.2, 0.25) is 0 Å². The van der Waals surface area contributed by atoms with Crippen LogP contribution in [-0.2, 0) is 16.2 Å². The lowest BCUT2D eigenvalue weighted by Crippen LogP contribution is -2.34. The molecular weight excluding hydrogens is 456 g/mol. The molecule has 184 valence electrons. The van der Waals surface area contributed by atoms with E-state index in [1.807, 2.05) is 11.3 Å². The third kappa shape index (κ3) is 3.43. The second-order valence-corrected chi connectivity index (χ2v) is 14.1. The number of hydrogen-bond donors (Lipinski definition) is 0. The quantitative estimate of drug-likeness (QED) is 0.233. The van der Waals surface area contributed by atoms with Crippen LogP contribution in [0.1, 0.15) is 83.6 Å². The summed E-state index contributed by atoms with van der Waals surface area (Å²) >= 11 is 1.88. The van der Waals surface area contributed by atoms with Gasteiger partial charge in [0.05, 0.1) is 15.9 Å². The molecule has 5 aromatic rings. The van der Waals surface area contributed by atoms with Crippen molar-refractivity contribution < 1.29 is 0 Å². The summed E-state index contributed by atoms with van der Waals surface area (Å²) in [5.41, 5.74) is 9.42. The van der Waals surface area contributed by atoms with Crippen LogP contribution in [0.4, 0.5) is 0 Å². The number of fused-ring (bicyclic) bond motifs is 6. The van der Waals surface area contributed by atoms with Crippen molar-refractivity contribution in [2.45, 2.75) is 84.5 Å². The van der Waals surface area contributed by atoms with Gasteiger partial charge in [-0.1, -0.05) is 78.8 Å². The molecule has 0 aliphatic heterocycles. The van der Waals surface area contributed by atoms with Gasteiger partial charge < -0.3 is 0 Å². The maximum absolute atomic E-state index is 4.95. The molecule has 36 heavy (non-hydrogen) atoms. The average Bonchev–Trinajstić information content (AvgIpc) is 3.21. The Hall–Kier alpha value is -2.78. The van der Waals surface area contributed by atoms with Gasteiger partial charge in [-0.05, 0) is 81.2 Å². The first-order valence-electron chi connectivity index (χ1n) is 13.1. The molecule has 1 aliphatic rings. The van der Waals surface area contributed by atoms with Gasteiger partial charge in [0, 0.05) is 15.6 Å². The molecule has 3 heteroatoms. The van der Waals surface area contributed by atoms with Gasteiger partial charge in [-0.2, -0.15) is 0 Å². The Bertz CT molecular complexity index is 1680. The van der Waals surface area contributed by atoms with Crippen molar-refractivity contribution in [3.8, 4) is 11.3 Å². The second-order valence-electron chi connectivity index (χ2n) is 13.1. The van der Waals surface area contributed by atoms with Gasteiger partial charge in [-0.25, -0.2) is 9.97 Å². The van der Waals surface area contributed by atoms with Gasteiger partial charge in [0.15, 0.2) is 0 Å². The van der Waals surface area contributed by atoms with Crippen LogP contribution in [0.3, 0.4) is 0 Å². The molecule has 0 amide bonds. The molecule has 0 atom stereocenters. The maximum Gasteiger partial charge on any atom is 0.116 e. The maximum atomic E-state index is 4.95. The van der Waals surface area contributed by atoms with E-state index in [9.17, 15) is 0 Å². The second kappa shape index (κ2) is 7.61. The van der Waals surface area contributed by atoms with Crippen LogP contribution in [0, 0.1) is 6.92 Å². The largest absolute Gasteiger partial charge is 0.235 e. The van der Waals surface area contributed by atoms with Gasteiger partial charge in [0.1, 0.15) is 6.33 Å². The van der Waals surface area contributed by atoms with Crippen molar-refractivity contribution >= 4 is 42.4 Å². The Morgan fingerprint density at radius 2 is 1.58 bits per heavy atom. The van der Waals surface area contributed by atoms with Crippen molar-refractivity contribution in [1.29, 1.82) is 0 Å². The Kier molecular flexibility index (Phi) is 4.99. The van der Waals surface area contributed by atoms with E-state index in [0.717, 1.165) is 11.2 Å². The number of aryl methyl sites for hydroxylation is 1. The summed E-state index contributed by atoms with van der Waals surface area (Å²) in [7, 11) is 0. The number of aromatic nitrogens is 2. The number of thiophene rings is 1. The lowest BCUT2D eigenvalue weighted by Gasteiger charge is -2.42. The molecule has 2 nitrogen and oxygen atoms in total. The predicted molar refractivity (Wildman–Crippen MR) is 157 cm³/mol. The predicted octanol–water partition coefficient (Wildman–Crippen LogP) is 9.62. The Morgan fingerprint density at radius 1 is 0.861 bits per heavy atom. The van der Waals surface area contributed by atoms with Crippen molar-refractivity contribution in [1.82, 2.24) is 9.97 Å². The SMILES string of the molecule is Cc1cc2c(c3c1sc1c(-c4cc(C(C)(C)C)c5ccccc5c4)ncnc13)C(C)(C)CCC2(C)C. The minimum atomic E-state index is 0.0349. The number of benzene rings is 3. The van der Waals surface area contributed by atoms with E-state index in [-0.39, 0.29) is 16.2 Å². The highest BCUT2D eigenvalue weighted by atomic mass is 32.1. The lowest BCUT2D eigenvalue weighted by molar-refractivity contribution is 0.334. The first kappa shape index (κ1) is 23.6. The Balaban J connectivity index is 1.72. The number of nitrogens with zero attached hydrogens (tertiary/aromatic N) is 2. The highest BCUT2D eigenvalue weighted by Gasteiger charge is 2.39. The highest BCUT2D eigenvalue weighted by molar-refractivity contribution is 7.26. The van der Waals surface area contributed by atoms with E-state index in [0.29, 0.717) is 0 Å². The summed E-state index contributed by atoms with van der Waals surface area (Å²) in [6, 6.07) is 15.9. The normalized spacial score (nSPS) is 17.1. The third-order valence-corrected chi connectivity index (χ3v) is 9.76. The Labute approximate surface area is 218 Å². The molecule has 0 saturated heterocycles. The molecular formula is C33H36N2S. The lowest BCUT2D eigenvalue weighted by atomic mass is 9.62. The van der Waals surface area contributed by atoms with Crippen LogP contribution in [0.2, 0.25) is 0 Å². The van der Waals surface area contributed by atoms with Crippen molar-refractivity contribution in [2.24, 2.45) is 0 Å². The molecule has 0 spiro atoms. The molecule has 3 aromatic carbocycles. The Morgan fingerprint density at radius 3 is 2.33 bits per heavy atom. The molecule has 1 aliphatic carbocycles. The van der Waals surface area contributed by atoms with E-state index in [2.05, 4.69) is 97.9 Å². The average molecular weight is 493 g/mol. The molecule has 6 rings (SSSR count). The number of rotatable bonds is 1. The van der Waals surface area contributed by atoms with Crippen molar-refractivity contribution in [2.75, 3.05) is 0 Å². The highest BCUT2D eigenvalue weighted by Crippen LogP contribution is 2.52. The van der Waals surface area contributed by atoms with Crippen LogP contribution in [-0.4, -0.2) is 9.97 Å². The van der Waals surface area contributed by atoms with Gasteiger partial charge >= 0.3 is 0 Å². The zero-order chi connectivity index (χ0) is 25.6. The molecule has 0 saturated carbocycles. The van der Waals surface area contributed by atoms with Crippen molar-refractivity contribution in [3.05, 3.63) is 71.0 Å². The van der Waals surface area contributed by atoms with Crippen LogP contribution >= 0.6 is 11.3 Å². The summed E-state index contributed by atoms with van der Waals surface area (Å²) < 4.78 is 2.58. The van der Waals surface area contributed by atoms with Gasteiger partial charge in [-0.3, -0.25) is 0 Å². The fraction of sp³-hybridized carbons (Fsp3) is 0.394. The molecule has 0 bridgehead atoms. The molecule has 0 radical (unpaired) electrons. The van der Waals surface area contributed by atoms with Crippen LogP contribution < -0.4 is 0 Å². The van der Waals surface area contributed by atoms with E-state index in [1.165, 1.54) is 66.2 Å². The van der Waals surface area contributed by atoms with E-state index >= 15 is 0 Å². The topological polar surface area (TPSA) is 25.8 Å².